The van der Waals surface area contributed by atoms with E-state index in [0.29, 0.717) is 54.4 Å². The van der Waals surface area contributed by atoms with Crippen LogP contribution in [0.25, 0.3) is 17.2 Å². The zero-order valence-corrected chi connectivity index (χ0v) is 46.7. The first kappa shape index (κ1) is 51.1. The predicted molar refractivity (Wildman–Crippen MR) is 306 cm³/mol. The molecule has 6 heterocycles. The zero-order valence-electron chi connectivity index (χ0n) is 45.1. The van der Waals surface area contributed by atoms with Crippen LogP contribution in [-0.2, 0) is 32.6 Å². The summed E-state index contributed by atoms with van der Waals surface area (Å²) >= 11 is 0. The Morgan fingerprint density at radius 3 is 2.65 bits per heavy atom. The molecule has 4 saturated carbocycles. The van der Waals surface area contributed by atoms with E-state index in [1.165, 1.54) is 19.8 Å². The summed E-state index contributed by atoms with van der Waals surface area (Å²) in [5, 5.41) is 36.7. The maximum Gasteiger partial charge on any atom is 0.302 e. The smallest absolute Gasteiger partial charge is 0.302 e. The summed E-state index contributed by atoms with van der Waals surface area (Å²) in [6.45, 7) is 1.55. The summed E-state index contributed by atoms with van der Waals surface area (Å²) in [6.07, 6.45) is 23.7. The standard InChI is InChI=1S/C64H74N4O8S2/c1-34(69)74-31-47-43-13-14-45-54-39(26-41(70)27-51(54)73-2)29-64-22-19-35(28-64)23-37-12-18-53(65)67-48(37)10-6-9-44-55(59(47)76-60(43)57(45)64)46-15-17-49-52(33-78-77-32-36-7-5-8-40(24-36)66-49)75-61(46)58(72)56(44)50-16-11-38-25-42(71)30-63(62(38)68-50)20-3-4-21-63/h12-15,17-18,26-27,35-36,38,40,47,49-50,52-53,59,62,66-68,70,72H,3-5,7-9,11,16,19-25,28-33,65H2,1-2H3. The van der Waals surface area contributed by atoms with Crippen molar-refractivity contribution >= 4 is 39.4 Å². The van der Waals surface area contributed by atoms with Crippen LogP contribution in [0.3, 0.4) is 0 Å². The molecule has 14 heteroatoms. The number of hydrogen-bond donors (Lipinski definition) is 6. The third kappa shape index (κ3) is 8.77. The van der Waals surface area contributed by atoms with Crippen molar-refractivity contribution in [1.29, 1.82) is 0 Å². The average molecular weight is 1090 g/mol. The Balaban J connectivity index is 1.02. The molecular weight excluding hydrogens is 1020 g/mol. The fraction of sp³-hybridized carbons (Fsp3) is 0.562. The van der Waals surface area contributed by atoms with Gasteiger partial charge in [0, 0.05) is 101 Å². The molecule has 6 bridgehead atoms. The van der Waals surface area contributed by atoms with Crippen LogP contribution in [0, 0.1) is 35.0 Å². The third-order valence-corrected chi connectivity index (χ3v) is 23.0. The van der Waals surface area contributed by atoms with Crippen LogP contribution in [0.5, 0.6) is 28.7 Å². The van der Waals surface area contributed by atoms with E-state index >= 15 is 0 Å². The summed E-state index contributed by atoms with van der Waals surface area (Å²) in [4.78, 5) is 26.7. The number of ether oxygens (including phenoxy) is 4. The van der Waals surface area contributed by atoms with Crippen LogP contribution in [0.1, 0.15) is 167 Å². The largest absolute Gasteiger partial charge is 0.508 e. The van der Waals surface area contributed by atoms with Gasteiger partial charge in [-0.3, -0.25) is 9.59 Å². The Labute approximate surface area is 466 Å². The minimum Gasteiger partial charge on any atom is -0.508 e. The van der Waals surface area contributed by atoms with E-state index in [1.807, 2.05) is 33.7 Å². The highest BCUT2D eigenvalue weighted by atomic mass is 33.1. The number of carbonyl (C=O) groups is 2. The number of nitrogens with one attached hydrogen (secondary N) is 3. The normalized spacial score (nSPS) is 33.8. The summed E-state index contributed by atoms with van der Waals surface area (Å²) in [7, 11) is 5.49. The van der Waals surface area contributed by atoms with Gasteiger partial charge in [-0.1, -0.05) is 77.1 Å². The lowest BCUT2D eigenvalue weighted by Gasteiger charge is -2.51. The number of esters is 1. The van der Waals surface area contributed by atoms with Gasteiger partial charge in [-0.05, 0) is 141 Å². The van der Waals surface area contributed by atoms with Gasteiger partial charge in [0.1, 0.15) is 41.8 Å². The molecule has 5 aliphatic carbocycles. The number of nitrogens with two attached hydrogens (primary N) is 1. The van der Waals surface area contributed by atoms with Crippen LogP contribution in [0.15, 0.2) is 53.8 Å². The molecule has 0 aromatic heterocycles. The molecule has 11 aliphatic rings. The van der Waals surface area contributed by atoms with Crippen LogP contribution < -0.4 is 35.9 Å². The predicted octanol–water partition coefficient (Wildman–Crippen LogP) is 10.8. The number of ketones is 1. The Bertz CT molecular complexity index is 3140. The molecule has 3 aromatic carbocycles. The number of methoxy groups -OCH3 is 1. The maximum atomic E-state index is 13.6. The number of dihydropyridines is 1. The number of piperidine rings is 1. The number of fused-ring (bicyclic) bond motifs is 13. The SMILES string of the molecule is COc1cc(O)cc2c1-c1ccc3c4c1C1(CCC(CC5=C(C#CCc6c(C7CCC8CC(=O)CC9(CCCC9)C8N7)c(O)c7c(c6C(O4)C3COC(C)=O)C=CC3NC4CCCC(CSSCC3O7)C4)NC(N)C=C5)C1)C2. The van der Waals surface area contributed by atoms with Crippen molar-refractivity contribution in [1.82, 2.24) is 16.0 Å². The van der Waals surface area contributed by atoms with Crippen molar-refractivity contribution in [3.05, 3.63) is 92.7 Å². The Hall–Kier alpha value is -5.04. The van der Waals surface area contributed by atoms with Gasteiger partial charge in [-0.25, -0.2) is 0 Å². The maximum absolute atomic E-state index is 13.6. The van der Waals surface area contributed by atoms with E-state index in [2.05, 4.69) is 58.2 Å². The van der Waals surface area contributed by atoms with E-state index in [1.54, 1.807) is 13.2 Å². The number of aromatic hydroxyl groups is 2. The number of benzene rings is 3. The van der Waals surface area contributed by atoms with Crippen LogP contribution >= 0.6 is 21.6 Å². The molecule has 0 radical (unpaired) electrons. The Morgan fingerprint density at radius 1 is 0.923 bits per heavy atom. The third-order valence-electron chi connectivity index (χ3n) is 20.5. The van der Waals surface area contributed by atoms with Gasteiger partial charge in [0.05, 0.1) is 30.9 Å². The molecule has 7 N–H and O–H groups in total. The quantitative estimate of drug-likeness (QED) is 0.0828. The summed E-state index contributed by atoms with van der Waals surface area (Å²) in [5.74, 6) is 12.2. The lowest BCUT2D eigenvalue weighted by Crippen LogP contribution is -2.56. The van der Waals surface area contributed by atoms with E-state index in [9.17, 15) is 19.8 Å². The molecule has 410 valence electrons. The molecule has 14 rings (SSSR count). The molecule has 3 aromatic rings. The number of allylic oxidation sites excluding steroid dienone is 3. The van der Waals surface area contributed by atoms with Crippen molar-refractivity contribution < 1.29 is 38.7 Å². The number of carbonyl (C=O) groups excluding carboxylic acids is 2. The first-order chi connectivity index (χ1) is 37.9. The van der Waals surface area contributed by atoms with Gasteiger partial charge in [0.15, 0.2) is 11.5 Å². The van der Waals surface area contributed by atoms with Gasteiger partial charge in [-0.15, -0.1) is 0 Å². The van der Waals surface area contributed by atoms with Crippen molar-refractivity contribution in [2.75, 3.05) is 25.2 Å². The van der Waals surface area contributed by atoms with Crippen molar-refractivity contribution in [3.63, 3.8) is 0 Å². The van der Waals surface area contributed by atoms with Gasteiger partial charge in [0.25, 0.3) is 0 Å². The Kier molecular flexibility index (Phi) is 13.2. The van der Waals surface area contributed by atoms with Gasteiger partial charge < -0.3 is 50.8 Å². The number of rotatable bonds is 4. The molecule has 0 amide bonds. The molecule has 2 spiro atoms. The lowest BCUT2D eigenvalue weighted by molar-refractivity contribution is -0.142. The number of phenols is 2. The first-order valence-electron chi connectivity index (χ1n) is 29.3. The van der Waals surface area contributed by atoms with Crippen LogP contribution in [-0.4, -0.2) is 77.6 Å². The summed E-state index contributed by atoms with van der Waals surface area (Å²) in [5.41, 5.74) is 16.7. The van der Waals surface area contributed by atoms with E-state index in [4.69, 9.17) is 24.7 Å². The number of phenolic OH excluding ortho intramolecular Hbond substituents is 2. The monoisotopic (exact) mass is 1090 g/mol. The highest BCUT2D eigenvalue weighted by Crippen LogP contribution is 2.64. The molecule has 12 unspecified atom stereocenters. The average Bonchev–Trinajstić information content (AvgIpc) is 4.07. The summed E-state index contributed by atoms with van der Waals surface area (Å²) in [6, 6.07) is 8.10. The van der Waals surface area contributed by atoms with Crippen molar-refractivity contribution in [3.8, 4) is 51.7 Å². The lowest BCUT2D eigenvalue weighted by atomic mass is 9.61. The second-order valence-corrected chi connectivity index (χ2v) is 27.7. The molecule has 12 nitrogen and oxygen atoms in total. The second kappa shape index (κ2) is 20.2. The first-order valence-corrected chi connectivity index (χ1v) is 31.8. The van der Waals surface area contributed by atoms with Crippen LogP contribution in [0.4, 0.5) is 0 Å². The fourth-order valence-corrected chi connectivity index (χ4v) is 19.9. The molecule has 6 aliphatic heterocycles. The minimum atomic E-state index is -0.690. The van der Waals surface area contributed by atoms with Crippen molar-refractivity contribution in [2.24, 2.45) is 28.9 Å². The van der Waals surface area contributed by atoms with Gasteiger partial charge >= 0.3 is 5.97 Å². The van der Waals surface area contributed by atoms with Crippen LogP contribution in [0.2, 0.25) is 0 Å². The summed E-state index contributed by atoms with van der Waals surface area (Å²) < 4.78 is 27.7. The molecule has 2 saturated heterocycles. The van der Waals surface area contributed by atoms with Crippen molar-refractivity contribution in [2.45, 2.75) is 176 Å². The highest BCUT2D eigenvalue weighted by molar-refractivity contribution is 8.76. The van der Waals surface area contributed by atoms with E-state index in [0.717, 1.165) is 156 Å². The molecular formula is C64H74N4O8S2. The molecule has 12 atom stereocenters. The highest BCUT2D eigenvalue weighted by Gasteiger charge is 2.55. The fourth-order valence-electron chi connectivity index (χ4n) is 17.2. The molecule has 78 heavy (non-hydrogen) atoms. The van der Waals surface area contributed by atoms with E-state index in [-0.39, 0.29) is 71.5 Å². The minimum absolute atomic E-state index is 0.0751. The second-order valence-electron chi connectivity index (χ2n) is 25.1. The van der Waals surface area contributed by atoms with E-state index < -0.39 is 18.2 Å². The zero-order chi connectivity index (χ0) is 53.0. The van der Waals surface area contributed by atoms with Gasteiger partial charge in [-0.2, -0.15) is 0 Å². The Morgan fingerprint density at radius 2 is 1.79 bits per heavy atom. The van der Waals surface area contributed by atoms with Gasteiger partial charge in [0.2, 0.25) is 0 Å². The molecule has 6 fully saturated rings. The topological polar surface area (TPSA) is 174 Å². The number of Topliss-reactive ketones (excluding diaryl/α,β-unsaturated/α-hetero) is 1. The number of hydrogen-bond acceptors (Lipinski definition) is 14.